The van der Waals surface area contributed by atoms with Crippen LogP contribution in [0.4, 0.5) is 10.5 Å². The molecule has 1 fully saturated rings. The Labute approximate surface area is 107 Å². The molecule has 3 atom stereocenters. The normalized spacial score (nSPS) is 28.3. The molecule has 1 aromatic carbocycles. The fourth-order valence-corrected chi connectivity index (χ4v) is 2.94. The molecule has 2 bridgehead atoms. The number of fused-ring (bicyclic) bond motifs is 2. The van der Waals surface area contributed by atoms with Gasteiger partial charge in [0.1, 0.15) is 0 Å². The fraction of sp³-hybridized carbons (Fsp3) is 0.400. The first-order valence-electron chi connectivity index (χ1n) is 6.48. The largest absolute Gasteiger partial charge is 0.449 e. The summed E-state index contributed by atoms with van der Waals surface area (Å²) >= 11 is 0. The Morgan fingerprint density at radius 1 is 1.22 bits per heavy atom. The quantitative estimate of drug-likeness (QED) is 0.826. The lowest BCUT2D eigenvalue weighted by Gasteiger charge is -2.17. The van der Waals surface area contributed by atoms with Gasteiger partial charge in [-0.15, -0.1) is 0 Å². The molecule has 0 spiro atoms. The molecule has 1 N–H and O–H groups in total. The monoisotopic (exact) mass is 243 g/mol. The Kier molecular flexibility index (Phi) is 3.05. The molecule has 3 heteroatoms. The summed E-state index contributed by atoms with van der Waals surface area (Å²) < 4.78 is 5.30. The molecule has 3 unspecified atom stereocenters. The van der Waals surface area contributed by atoms with E-state index in [1.807, 2.05) is 30.3 Å². The van der Waals surface area contributed by atoms with Crippen molar-refractivity contribution in [1.29, 1.82) is 0 Å². The maximum absolute atomic E-state index is 11.6. The molecule has 2 aliphatic rings. The highest BCUT2D eigenvalue weighted by molar-refractivity contribution is 5.84. The number of anilines is 1. The van der Waals surface area contributed by atoms with Gasteiger partial charge in [0, 0.05) is 11.6 Å². The van der Waals surface area contributed by atoms with Crippen LogP contribution in [0.1, 0.15) is 12.8 Å². The first kappa shape index (κ1) is 11.3. The summed E-state index contributed by atoms with van der Waals surface area (Å²) in [6.45, 7) is 0.532. The van der Waals surface area contributed by atoms with Crippen molar-refractivity contribution in [2.24, 2.45) is 17.8 Å². The summed E-state index contributed by atoms with van der Waals surface area (Å²) in [6.07, 6.45) is 6.63. The summed E-state index contributed by atoms with van der Waals surface area (Å²) in [4.78, 5) is 11.6. The van der Waals surface area contributed by atoms with Crippen LogP contribution < -0.4 is 5.32 Å². The number of nitrogens with one attached hydrogen (secondary N) is 1. The van der Waals surface area contributed by atoms with E-state index in [0.29, 0.717) is 18.4 Å². The SMILES string of the molecule is O=C(Nc1ccccc1)OCC1CC2C=CC1C2. The van der Waals surface area contributed by atoms with Crippen LogP contribution in [0.3, 0.4) is 0 Å². The molecule has 0 heterocycles. The Bertz CT molecular complexity index is 455. The van der Waals surface area contributed by atoms with Gasteiger partial charge in [-0.1, -0.05) is 30.4 Å². The first-order valence-corrected chi connectivity index (χ1v) is 6.48. The van der Waals surface area contributed by atoms with Crippen molar-refractivity contribution in [1.82, 2.24) is 0 Å². The van der Waals surface area contributed by atoms with Gasteiger partial charge in [0.25, 0.3) is 0 Å². The van der Waals surface area contributed by atoms with Gasteiger partial charge >= 0.3 is 6.09 Å². The second kappa shape index (κ2) is 4.84. The van der Waals surface area contributed by atoms with Gasteiger partial charge in [-0.2, -0.15) is 0 Å². The predicted molar refractivity (Wildman–Crippen MR) is 70.3 cm³/mol. The van der Waals surface area contributed by atoms with Gasteiger partial charge in [0.15, 0.2) is 0 Å². The Morgan fingerprint density at radius 2 is 2.06 bits per heavy atom. The molecule has 0 aliphatic heterocycles. The molecule has 0 radical (unpaired) electrons. The van der Waals surface area contributed by atoms with E-state index in [1.165, 1.54) is 12.8 Å². The number of amides is 1. The van der Waals surface area contributed by atoms with Crippen LogP contribution in [0, 0.1) is 17.8 Å². The van der Waals surface area contributed by atoms with Crippen molar-refractivity contribution in [2.75, 3.05) is 11.9 Å². The average molecular weight is 243 g/mol. The van der Waals surface area contributed by atoms with E-state index < -0.39 is 0 Å². The minimum atomic E-state index is -0.354. The molecule has 94 valence electrons. The summed E-state index contributed by atoms with van der Waals surface area (Å²) in [5.41, 5.74) is 0.773. The number of benzene rings is 1. The molecule has 18 heavy (non-hydrogen) atoms. The van der Waals surface area contributed by atoms with Gasteiger partial charge in [0.2, 0.25) is 0 Å². The highest BCUT2D eigenvalue weighted by Gasteiger charge is 2.36. The maximum atomic E-state index is 11.6. The molecule has 0 aromatic heterocycles. The lowest BCUT2D eigenvalue weighted by atomic mass is 9.95. The Morgan fingerprint density at radius 3 is 2.72 bits per heavy atom. The van der Waals surface area contributed by atoms with E-state index in [0.717, 1.165) is 11.6 Å². The van der Waals surface area contributed by atoms with Crippen molar-refractivity contribution < 1.29 is 9.53 Å². The number of hydrogen-bond acceptors (Lipinski definition) is 2. The van der Waals surface area contributed by atoms with Crippen molar-refractivity contribution in [3.63, 3.8) is 0 Å². The lowest BCUT2D eigenvalue weighted by molar-refractivity contribution is 0.134. The number of ether oxygens (including phenoxy) is 1. The summed E-state index contributed by atoms with van der Waals surface area (Å²) in [5.74, 6) is 1.86. The number of allylic oxidation sites excluding steroid dienone is 2. The summed E-state index contributed by atoms with van der Waals surface area (Å²) in [5, 5.41) is 2.73. The Balaban J connectivity index is 1.46. The highest BCUT2D eigenvalue weighted by Crippen LogP contribution is 2.43. The van der Waals surface area contributed by atoms with E-state index >= 15 is 0 Å². The summed E-state index contributed by atoms with van der Waals surface area (Å²) in [7, 11) is 0. The molecular weight excluding hydrogens is 226 g/mol. The Hall–Kier alpha value is -1.77. The topological polar surface area (TPSA) is 38.3 Å². The second-order valence-electron chi connectivity index (χ2n) is 5.13. The maximum Gasteiger partial charge on any atom is 0.411 e. The molecule has 1 amide bonds. The van der Waals surface area contributed by atoms with Crippen molar-refractivity contribution in [3.8, 4) is 0 Å². The minimum absolute atomic E-state index is 0.354. The minimum Gasteiger partial charge on any atom is -0.449 e. The summed E-state index contributed by atoms with van der Waals surface area (Å²) in [6, 6.07) is 9.38. The lowest BCUT2D eigenvalue weighted by Crippen LogP contribution is -2.21. The fourth-order valence-electron chi connectivity index (χ4n) is 2.94. The second-order valence-corrected chi connectivity index (χ2v) is 5.13. The zero-order valence-electron chi connectivity index (χ0n) is 10.2. The number of hydrogen-bond donors (Lipinski definition) is 1. The third-order valence-electron chi connectivity index (χ3n) is 3.87. The molecule has 0 saturated heterocycles. The van der Waals surface area contributed by atoms with Crippen LogP contribution in [-0.4, -0.2) is 12.7 Å². The van der Waals surface area contributed by atoms with E-state index in [-0.39, 0.29) is 6.09 Å². The van der Waals surface area contributed by atoms with Crippen LogP contribution in [-0.2, 0) is 4.74 Å². The van der Waals surface area contributed by atoms with Gasteiger partial charge < -0.3 is 4.74 Å². The van der Waals surface area contributed by atoms with Gasteiger partial charge in [-0.3, -0.25) is 5.32 Å². The van der Waals surface area contributed by atoms with Crippen molar-refractivity contribution in [2.45, 2.75) is 12.8 Å². The number of carbonyl (C=O) groups excluding carboxylic acids is 1. The standard InChI is InChI=1S/C15H17NO2/c17-15(16-14-4-2-1-3-5-14)18-10-13-9-11-6-7-12(13)8-11/h1-7,11-13H,8-10H2,(H,16,17). The van der Waals surface area contributed by atoms with Gasteiger partial charge in [-0.05, 0) is 36.8 Å². The van der Waals surface area contributed by atoms with E-state index in [9.17, 15) is 4.79 Å². The highest BCUT2D eigenvalue weighted by atomic mass is 16.5. The molecule has 1 saturated carbocycles. The number of carbonyl (C=O) groups is 1. The predicted octanol–water partition coefficient (Wildman–Crippen LogP) is 3.45. The third kappa shape index (κ3) is 2.40. The van der Waals surface area contributed by atoms with Crippen LogP contribution in [0.25, 0.3) is 0 Å². The van der Waals surface area contributed by atoms with Crippen LogP contribution in [0.2, 0.25) is 0 Å². The number of para-hydroxylation sites is 1. The van der Waals surface area contributed by atoms with Crippen LogP contribution in [0.5, 0.6) is 0 Å². The molecule has 3 rings (SSSR count). The van der Waals surface area contributed by atoms with Crippen molar-refractivity contribution >= 4 is 11.8 Å². The van der Waals surface area contributed by atoms with E-state index in [4.69, 9.17) is 4.74 Å². The molecule has 3 nitrogen and oxygen atoms in total. The van der Waals surface area contributed by atoms with Crippen molar-refractivity contribution in [3.05, 3.63) is 42.5 Å². The number of rotatable bonds is 3. The molecule has 1 aromatic rings. The smallest absolute Gasteiger partial charge is 0.411 e. The van der Waals surface area contributed by atoms with Crippen LogP contribution >= 0.6 is 0 Å². The third-order valence-corrected chi connectivity index (χ3v) is 3.87. The zero-order valence-corrected chi connectivity index (χ0v) is 10.2. The molecular formula is C15H17NO2. The zero-order chi connectivity index (χ0) is 12.4. The van der Waals surface area contributed by atoms with Gasteiger partial charge in [-0.25, -0.2) is 4.79 Å². The van der Waals surface area contributed by atoms with E-state index in [1.54, 1.807) is 0 Å². The van der Waals surface area contributed by atoms with Gasteiger partial charge in [0.05, 0.1) is 6.61 Å². The average Bonchev–Trinajstić information content (AvgIpc) is 3.00. The molecule has 2 aliphatic carbocycles. The first-order chi connectivity index (χ1) is 8.81. The van der Waals surface area contributed by atoms with Crippen LogP contribution in [0.15, 0.2) is 42.5 Å². The van der Waals surface area contributed by atoms with E-state index in [2.05, 4.69) is 17.5 Å².